The Morgan fingerprint density at radius 3 is 1.00 bits per heavy atom. The van der Waals surface area contributed by atoms with Crippen LogP contribution in [0.3, 0.4) is 0 Å². The molecule has 14 heteroatoms. The monoisotopic (exact) mass is 392 g/mol. The molecule has 2 unspecified atom stereocenters. The average molecular weight is 393 g/mol. The van der Waals surface area contributed by atoms with E-state index in [1.54, 1.807) is 0 Å². The van der Waals surface area contributed by atoms with E-state index in [1.165, 1.54) is 13.8 Å². The summed E-state index contributed by atoms with van der Waals surface area (Å²) in [6.45, 7) is 2.58. The maximum atomic E-state index is 9.94. The van der Waals surface area contributed by atoms with Gasteiger partial charge in [0, 0.05) is 0 Å². The van der Waals surface area contributed by atoms with E-state index >= 15 is 0 Å². The van der Waals surface area contributed by atoms with Gasteiger partial charge in [-0.1, -0.05) is 21.6 Å². The van der Waals surface area contributed by atoms with Gasteiger partial charge in [-0.15, -0.1) is 23.3 Å². The summed E-state index contributed by atoms with van der Waals surface area (Å²) in [7, 11) is -6.78. The van der Waals surface area contributed by atoms with E-state index in [0.717, 1.165) is 21.6 Å². The summed E-state index contributed by atoms with van der Waals surface area (Å²) in [6, 6.07) is 0. The maximum Gasteiger partial charge on any atom is 1.00 e. The maximum absolute atomic E-state index is 9.94. The fourth-order valence-electron chi connectivity index (χ4n) is 0.105. The zero-order chi connectivity index (χ0) is 13.6. The van der Waals surface area contributed by atoms with Crippen LogP contribution in [0.5, 0.6) is 0 Å². The molecule has 0 aliphatic carbocycles. The predicted molar refractivity (Wildman–Crippen MR) is 71.5 cm³/mol. The molecule has 0 rings (SSSR count). The Balaban J connectivity index is -0.0000000980. The van der Waals surface area contributed by atoms with Gasteiger partial charge < -0.3 is 9.11 Å². The summed E-state index contributed by atoms with van der Waals surface area (Å²) >= 11 is 7.09. The predicted octanol–water partition coefficient (Wildman–Crippen LogP) is -5.08. The molecular formula is C4H10Na2O6S6. The Hall–Kier alpha value is 3.22. The standard InChI is InChI=1S/2C2H6O3S3.2Na/c2*1-2(7-6)8(3,4)5;;/h2*2,6H,1H3,(H,3,4,5);;/q;;2*+1/p-2. The van der Waals surface area contributed by atoms with Crippen LogP contribution in [0, 0.1) is 0 Å². The second-order valence-corrected chi connectivity index (χ2v) is 9.41. The molecule has 2 atom stereocenters. The van der Waals surface area contributed by atoms with Gasteiger partial charge in [-0.05, 0) is 13.8 Å². The SMILES string of the molecule is CC(SS)S(=O)(=O)[O-].CC(SS)S(=O)(=O)[O-].[Na+].[Na+]. The molecule has 0 N–H and O–H groups in total. The van der Waals surface area contributed by atoms with Crippen molar-refractivity contribution >= 4 is 65.1 Å². The zero-order valence-electron chi connectivity index (χ0n) is 10.1. The van der Waals surface area contributed by atoms with Crippen molar-refractivity contribution in [3.05, 3.63) is 0 Å². The molecule has 0 aromatic heterocycles. The second-order valence-electron chi connectivity index (χ2n) is 2.33. The molecule has 0 radical (unpaired) electrons. The van der Waals surface area contributed by atoms with Crippen LogP contribution in [0.1, 0.15) is 13.8 Å². The fourth-order valence-corrected chi connectivity index (χ4v) is 2.85. The van der Waals surface area contributed by atoms with Crippen molar-refractivity contribution in [3.8, 4) is 0 Å². The van der Waals surface area contributed by atoms with Crippen molar-refractivity contribution < 1.29 is 85.1 Å². The van der Waals surface area contributed by atoms with Gasteiger partial charge in [0.25, 0.3) is 0 Å². The van der Waals surface area contributed by atoms with Crippen LogP contribution in [0.25, 0.3) is 0 Å². The number of hydrogen-bond acceptors (Lipinski definition) is 10. The molecule has 0 aromatic rings. The van der Waals surface area contributed by atoms with Gasteiger partial charge in [0.2, 0.25) is 0 Å². The summed E-state index contributed by atoms with van der Waals surface area (Å²) in [5.41, 5.74) is 0. The molecule has 18 heavy (non-hydrogen) atoms. The molecule has 0 heterocycles. The van der Waals surface area contributed by atoms with Crippen LogP contribution in [0.2, 0.25) is 0 Å². The van der Waals surface area contributed by atoms with Crippen LogP contribution in [-0.2, 0) is 20.2 Å². The first-order valence-corrected chi connectivity index (χ1v) is 10.3. The molecule has 6 nitrogen and oxygen atoms in total. The van der Waals surface area contributed by atoms with Gasteiger partial charge in [0.1, 0.15) is 29.4 Å². The molecule has 0 aliphatic rings. The Bertz CT molecular complexity index is 343. The summed E-state index contributed by atoms with van der Waals surface area (Å²) in [5.74, 6) is 0. The third kappa shape index (κ3) is 17.3. The Morgan fingerprint density at radius 2 is 1.00 bits per heavy atom. The van der Waals surface area contributed by atoms with Gasteiger partial charge in [-0.3, -0.25) is 0 Å². The molecule has 0 saturated carbocycles. The van der Waals surface area contributed by atoms with Crippen LogP contribution < -0.4 is 59.1 Å². The largest absolute Gasteiger partial charge is 1.00 e. The van der Waals surface area contributed by atoms with Gasteiger partial charge >= 0.3 is 59.1 Å². The topological polar surface area (TPSA) is 114 Å². The minimum Gasteiger partial charge on any atom is -0.747 e. The molecule has 0 aliphatic heterocycles. The summed E-state index contributed by atoms with van der Waals surface area (Å²) in [4.78, 5) is 0. The van der Waals surface area contributed by atoms with Crippen LogP contribution in [-0.4, -0.2) is 35.1 Å². The van der Waals surface area contributed by atoms with Crippen LogP contribution >= 0.6 is 44.9 Å². The molecule has 0 fully saturated rings. The van der Waals surface area contributed by atoms with Gasteiger partial charge in [0.05, 0.1) is 0 Å². The van der Waals surface area contributed by atoms with Crippen molar-refractivity contribution in [1.29, 1.82) is 0 Å². The Kier molecular flexibility index (Phi) is 22.5. The minimum atomic E-state index is -4.12. The van der Waals surface area contributed by atoms with Crippen molar-refractivity contribution in [3.63, 3.8) is 0 Å². The first kappa shape index (κ1) is 29.3. The molecule has 0 spiro atoms. The van der Waals surface area contributed by atoms with E-state index in [1.807, 2.05) is 0 Å². The number of thiol groups is 2. The van der Waals surface area contributed by atoms with Crippen molar-refractivity contribution in [2.45, 2.75) is 23.0 Å². The quantitative estimate of drug-likeness (QED) is 0.211. The van der Waals surface area contributed by atoms with Crippen molar-refractivity contribution in [1.82, 2.24) is 0 Å². The first-order valence-electron chi connectivity index (χ1n) is 3.46. The molecule has 0 amide bonds. The summed E-state index contributed by atoms with van der Waals surface area (Å²) in [5, 5.41) is 0. The minimum absolute atomic E-state index is 0. The van der Waals surface area contributed by atoms with E-state index in [-0.39, 0.29) is 59.1 Å². The second kappa shape index (κ2) is 13.9. The van der Waals surface area contributed by atoms with Crippen molar-refractivity contribution in [2.24, 2.45) is 0 Å². The summed E-state index contributed by atoms with van der Waals surface area (Å²) in [6.07, 6.45) is 0. The van der Waals surface area contributed by atoms with Crippen LogP contribution in [0.15, 0.2) is 0 Å². The van der Waals surface area contributed by atoms with E-state index in [0.29, 0.717) is 0 Å². The van der Waals surface area contributed by atoms with Gasteiger partial charge in [0.15, 0.2) is 0 Å². The third-order valence-corrected chi connectivity index (χ3v) is 8.07. The first-order chi connectivity index (χ1) is 6.96. The Morgan fingerprint density at radius 1 is 0.833 bits per heavy atom. The van der Waals surface area contributed by atoms with E-state index < -0.39 is 29.4 Å². The normalized spacial score (nSPS) is 14.1. The van der Waals surface area contributed by atoms with E-state index in [2.05, 4.69) is 23.3 Å². The molecular weight excluding hydrogens is 382 g/mol. The zero-order valence-corrected chi connectivity index (χ0v) is 19.2. The third-order valence-electron chi connectivity index (χ3n) is 1.11. The Labute approximate surface area is 170 Å². The molecule has 0 bridgehead atoms. The number of hydrogen-bond donors (Lipinski definition) is 2. The smallest absolute Gasteiger partial charge is 0.747 e. The summed E-state index contributed by atoms with van der Waals surface area (Å²) < 4.78 is 57.7. The van der Waals surface area contributed by atoms with Gasteiger partial charge in [-0.25, -0.2) is 16.8 Å². The van der Waals surface area contributed by atoms with E-state index in [9.17, 15) is 25.9 Å². The molecule has 0 saturated heterocycles. The van der Waals surface area contributed by atoms with Crippen molar-refractivity contribution in [2.75, 3.05) is 0 Å². The average Bonchev–Trinajstić information content (AvgIpc) is 2.13. The van der Waals surface area contributed by atoms with Crippen LogP contribution in [0.4, 0.5) is 0 Å². The number of rotatable bonds is 4. The fraction of sp³-hybridized carbons (Fsp3) is 1.00. The van der Waals surface area contributed by atoms with E-state index in [4.69, 9.17) is 0 Å². The molecule has 100 valence electrons. The molecule has 0 aromatic carbocycles. The van der Waals surface area contributed by atoms with Gasteiger partial charge in [-0.2, -0.15) is 0 Å².